The highest BCUT2D eigenvalue weighted by molar-refractivity contribution is 5.98. The number of phenols is 1. The minimum Gasteiger partial charge on any atom is -0.508 e. The maximum atomic E-state index is 14.4. The lowest BCUT2D eigenvalue weighted by Crippen LogP contribution is -2.61. The molecule has 1 unspecified atom stereocenters. The van der Waals surface area contributed by atoms with Crippen LogP contribution in [0.5, 0.6) is 5.75 Å². The fourth-order valence-electron chi connectivity index (χ4n) is 7.56. The van der Waals surface area contributed by atoms with Crippen molar-refractivity contribution in [2.45, 2.75) is 134 Å². The van der Waals surface area contributed by atoms with Gasteiger partial charge in [0.2, 0.25) is 53.2 Å². The molecule has 2 fully saturated rings. The molecule has 2 aliphatic rings. The lowest BCUT2D eigenvalue weighted by Gasteiger charge is -2.32. The van der Waals surface area contributed by atoms with E-state index in [0.29, 0.717) is 31.4 Å². The van der Waals surface area contributed by atoms with Gasteiger partial charge in [0, 0.05) is 25.9 Å². The number of carbonyl (C=O) groups is 9. The maximum Gasteiger partial charge on any atom is 0.245 e. The minimum absolute atomic E-state index is 0.0134. The Hall–Kier alpha value is -5.83. The van der Waals surface area contributed by atoms with Gasteiger partial charge in [0.05, 0.1) is 12.6 Å². The monoisotopic (exact) mass is 872 g/mol. The number of nitrogens with zero attached hydrogens (tertiary/aromatic N) is 2. The van der Waals surface area contributed by atoms with Crippen LogP contribution in [0.15, 0.2) is 24.3 Å². The average Bonchev–Trinajstić information content (AvgIpc) is 3.91. The number of aliphatic hydroxyl groups excluding tert-OH is 1. The summed E-state index contributed by atoms with van der Waals surface area (Å²) in [7, 11) is 0. The lowest BCUT2D eigenvalue weighted by atomic mass is 10.00. The molecule has 1 aromatic rings. The molecule has 1 aromatic carbocycles. The molecule has 0 aliphatic carbocycles. The number of aromatic hydroxyl groups is 1. The number of aliphatic hydroxyl groups is 1. The van der Waals surface area contributed by atoms with Crippen LogP contribution in [0.3, 0.4) is 0 Å². The summed E-state index contributed by atoms with van der Waals surface area (Å²) in [6, 6.07) is -2.58. The first kappa shape index (κ1) is 50.5. The number of hydrogen-bond acceptors (Lipinski definition) is 12. The van der Waals surface area contributed by atoms with Crippen molar-refractivity contribution in [1.29, 1.82) is 0 Å². The molecule has 62 heavy (non-hydrogen) atoms. The van der Waals surface area contributed by atoms with Gasteiger partial charge >= 0.3 is 0 Å². The van der Waals surface area contributed by atoms with E-state index in [1.165, 1.54) is 28.9 Å². The van der Waals surface area contributed by atoms with Crippen molar-refractivity contribution in [2.24, 2.45) is 29.0 Å². The summed E-state index contributed by atoms with van der Waals surface area (Å²) < 4.78 is 0. The number of nitrogens with two attached hydrogens (primary N) is 3. The van der Waals surface area contributed by atoms with Gasteiger partial charge in [0.15, 0.2) is 0 Å². The van der Waals surface area contributed by atoms with Crippen LogP contribution in [-0.4, -0.2) is 141 Å². The molecule has 3 rings (SSSR count). The molecule has 0 aromatic heterocycles. The van der Waals surface area contributed by atoms with Crippen LogP contribution in [0.4, 0.5) is 0 Å². The third-order valence-electron chi connectivity index (χ3n) is 10.9. The summed E-state index contributed by atoms with van der Waals surface area (Å²) in [5, 5.41) is 33.1. The van der Waals surface area contributed by atoms with E-state index in [4.69, 9.17) is 17.2 Å². The molecule has 2 aliphatic heterocycles. The second kappa shape index (κ2) is 23.4. The number of benzene rings is 1. The van der Waals surface area contributed by atoms with Crippen molar-refractivity contribution < 1.29 is 53.4 Å². The van der Waals surface area contributed by atoms with E-state index in [0.717, 1.165) is 0 Å². The fraction of sp³-hybridized carbons (Fsp3) is 0.634. The minimum atomic E-state index is -1.60. The SMILES string of the molecule is CC(C)C[C@H](NC(=O)[C@H](Cc1ccc(O)cc1)NC(=O)C1CCCN1C(=O)CN)C(=O)N1CCC[C@H]1C(=O)N[C@@H](CCC(N)=O)C(=O)N[C@H](C(=O)N[C@H](C(N)=O)C(C)C)[C@H](C)O. The van der Waals surface area contributed by atoms with Crippen molar-refractivity contribution in [3.63, 3.8) is 0 Å². The molecule has 8 atom stereocenters. The Labute approximate surface area is 361 Å². The van der Waals surface area contributed by atoms with Gasteiger partial charge in [-0.05, 0) is 75.0 Å². The smallest absolute Gasteiger partial charge is 0.245 e. The second-order valence-electron chi connectivity index (χ2n) is 16.7. The second-order valence-corrected chi connectivity index (χ2v) is 16.7. The number of carbonyl (C=O) groups excluding carboxylic acids is 9. The van der Waals surface area contributed by atoms with Gasteiger partial charge < -0.3 is 63.8 Å². The molecule has 21 heteroatoms. The van der Waals surface area contributed by atoms with E-state index in [1.807, 2.05) is 13.8 Å². The predicted molar refractivity (Wildman–Crippen MR) is 224 cm³/mol. The molecule has 13 N–H and O–H groups in total. The summed E-state index contributed by atoms with van der Waals surface area (Å²) in [4.78, 5) is 122. The van der Waals surface area contributed by atoms with Crippen LogP contribution in [-0.2, 0) is 49.6 Å². The Bertz CT molecular complexity index is 1790. The zero-order valence-corrected chi connectivity index (χ0v) is 36.1. The predicted octanol–water partition coefficient (Wildman–Crippen LogP) is -2.87. The van der Waals surface area contributed by atoms with Crippen molar-refractivity contribution in [2.75, 3.05) is 19.6 Å². The average molecular weight is 873 g/mol. The van der Waals surface area contributed by atoms with E-state index in [-0.39, 0.29) is 56.9 Å². The summed E-state index contributed by atoms with van der Waals surface area (Å²) in [5.41, 5.74) is 16.9. The van der Waals surface area contributed by atoms with Gasteiger partial charge in [-0.3, -0.25) is 43.2 Å². The summed E-state index contributed by atoms with van der Waals surface area (Å²) in [5.74, 6) is -7.18. The molecule has 2 saturated heterocycles. The van der Waals surface area contributed by atoms with Crippen molar-refractivity contribution in [1.82, 2.24) is 36.4 Å². The van der Waals surface area contributed by atoms with E-state index < -0.39 is 107 Å². The highest BCUT2D eigenvalue weighted by atomic mass is 16.3. The Morgan fingerprint density at radius 2 is 1.24 bits per heavy atom. The van der Waals surface area contributed by atoms with Gasteiger partial charge in [-0.15, -0.1) is 0 Å². The van der Waals surface area contributed by atoms with Crippen LogP contribution in [0.25, 0.3) is 0 Å². The molecule has 21 nitrogen and oxygen atoms in total. The highest BCUT2D eigenvalue weighted by Gasteiger charge is 2.41. The lowest BCUT2D eigenvalue weighted by molar-refractivity contribution is -0.143. The summed E-state index contributed by atoms with van der Waals surface area (Å²) in [6.07, 6.45) is -0.585. The van der Waals surface area contributed by atoms with Crippen LogP contribution >= 0.6 is 0 Å². The molecule has 9 amide bonds. The first-order chi connectivity index (χ1) is 29.1. The van der Waals surface area contributed by atoms with Crippen LogP contribution in [0.1, 0.15) is 85.1 Å². The van der Waals surface area contributed by atoms with Crippen LogP contribution < -0.4 is 43.8 Å². The summed E-state index contributed by atoms with van der Waals surface area (Å²) >= 11 is 0. The number of nitrogens with one attached hydrogen (secondary N) is 5. The Balaban J connectivity index is 1.84. The third kappa shape index (κ3) is 14.4. The zero-order chi connectivity index (χ0) is 46.4. The van der Waals surface area contributed by atoms with Gasteiger partial charge in [0.25, 0.3) is 0 Å². The topological polar surface area (TPSA) is 339 Å². The molecule has 0 radical (unpaired) electrons. The first-order valence-electron chi connectivity index (χ1n) is 21.0. The molecule has 344 valence electrons. The number of amides is 9. The van der Waals surface area contributed by atoms with Crippen molar-refractivity contribution in [3.05, 3.63) is 29.8 Å². The van der Waals surface area contributed by atoms with Crippen molar-refractivity contribution >= 4 is 53.2 Å². The molecular weight excluding hydrogens is 809 g/mol. The van der Waals surface area contributed by atoms with Gasteiger partial charge in [-0.2, -0.15) is 0 Å². The van der Waals surface area contributed by atoms with E-state index in [9.17, 15) is 53.4 Å². The molecule has 0 bridgehead atoms. The molecule has 2 heterocycles. The fourth-order valence-corrected chi connectivity index (χ4v) is 7.56. The van der Waals surface area contributed by atoms with Crippen molar-refractivity contribution in [3.8, 4) is 5.75 Å². The molecule has 0 saturated carbocycles. The first-order valence-corrected chi connectivity index (χ1v) is 21.0. The van der Waals surface area contributed by atoms with E-state index in [1.54, 1.807) is 26.0 Å². The Morgan fingerprint density at radius 1 is 0.710 bits per heavy atom. The quantitative estimate of drug-likeness (QED) is 0.0563. The number of phenolic OH excluding ortho intramolecular Hbond substituents is 1. The molecule has 0 spiro atoms. The number of rotatable bonds is 22. The highest BCUT2D eigenvalue weighted by Crippen LogP contribution is 2.22. The van der Waals surface area contributed by atoms with E-state index in [2.05, 4.69) is 26.6 Å². The van der Waals surface area contributed by atoms with Crippen LogP contribution in [0, 0.1) is 11.8 Å². The summed E-state index contributed by atoms with van der Waals surface area (Å²) in [6.45, 7) is 8.30. The van der Waals surface area contributed by atoms with E-state index >= 15 is 0 Å². The Kier molecular flexibility index (Phi) is 19.1. The van der Waals surface area contributed by atoms with Crippen LogP contribution in [0.2, 0.25) is 0 Å². The number of primary amides is 2. The zero-order valence-electron chi connectivity index (χ0n) is 36.1. The maximum absolute atomic E-state index is 14.4. The van der Waals surface area contributed by atoms with Gasteiger partial charge in [-0.25, -0.2) is 0 Å². The van der Waals surface area contributed by atoms with Gasteiger partial charge in [-0.1, -0.05) is 39.8 Å². The number of hydrogen-bond donors (Lipinski definition) is 10. The standard InChI is InChI=1S/C41H64N10O11/c1-21(2)18-28(47-37(58)27(19-24-10-12-25(53)13-11-24)46-38(59)29-8-6-16-50(29)32(55)20-42)41(62)51-17-7-9-30(51)39(60)45-26(14-15-31(43)54)36(57)49-34(23(5)52)40(61)48-33(22(3)4)35(44)56/h10-13,21-23,26-30,33-34,52-53H,6-9,14-20,42H2,1-5H3,(H2,43,54)(H2,44,56)(H,45,60)(H,46,59)(H,47,58)(H,48,61)(H,49,57)/t23-,26-,27-,28-,29?,30-,33-,34-/m0/s1. The van der Waals surface area contributed by atoms with Gasteiger partial charge in [0.1, 0.15) is 48.0 Å². The Morgan fingerprint density at radius 3 is 1.76 bits per heavy atom. The normalized spacial score (nSPS) is 19.1. The molecular formula is C41H64N10O11. The third-order valence-corrected chi connectivity index (χ3v) is 10.9. The largest absolute Gasteiger partial charge is 0.508 e. The number of likely N-dealkylation sites (tertiary alicyclic amines) is 2.